The normalized spacial score (nSPS) is 15.1. The number of allylic oxidation sites excluding steroid dienone is 1. The number of ether oxygens (including phenoxy) is 1. The Morgan fingerprint density at radius 3 is 2.41 bits per heavy atom. The topological polar surface area (TPSA) is 91.8 Å². The zero-order chi connectivity index (χ0) is 29.4. The van der Waals surface area contributed by atoms with Crippen molar-refractivity contribution >= 4 is 23.0 Å². The highest BCUT2D eigenvalue weighted by Crippen LogP contribution is 2.27. The Hall–Kier alpha value is -3.10. The molecule has 1 saturated heterocycles. The summed E-state index contributed by atoms with van der Waals surface area (Å²) in [5.41, 5.74) is 17.0. The van der Waals surface area contributed by atoms with Gasteiger partial charge in [-0.1, -0.05) is 65.3 Å². The number of benzene rings is 2. The lowest BCUT2D eigenvalue weighted by molar-refractivity contribution is 0.122. The molecule has 218 valence electrons. The Bertz CT molecular complexity index is 1070. The maximum absolute atomic E-state index is 14.1. The van der Waals surface area contributed by atoms with Crippen LogP contribution in [-0.2, 0) is 11.3 Å². The second-order valence-electron chi connectivity index (χ2n) is 8.18. The molecule has 0 aliphatic carbocycles. The van der Waals surface area contributed by atoms with Gasteiger partial charge in [0.2, 0.25) is 0 Å². The van der Waals surface area contributed by atoms with Crippen LogP contribution in [0.3, 0.4) is 0 Å². The van der Waals surface area contributed by atoms with Crippen LogP contribution in [0.2, 0.25) is 5.02 Å². The monoisotopic (exact) mass is 562 g/mol. The predicted molar refractivity (Wildman–Crippen MR) is 165 cm³/mol. The first-order chi connectivity index (χ1) is 18.9. The maximum Gasteiger partial charge on any atom is 0.142 e. The van der Waals surface area contributed by atoms with Gasteiger partial charge in [-0.2, -0.15) is 0 Å². The molecule has 2 aliphatic rings. The maximum atomic E-state index is 14.1. The van der Waals surface area contributed by atoms with E-state index in [1.165, 1.54) is 6.07 Å². The number of aryl methyl sites for hydroxylation is 1. The number of nitrogens with zero attached hydrogens (tertiary/aromatic N) is 2. The summed E-state index contributed by atoms with van der Waals surface area (Å²) in [5.74, 6) is 0.531. The van der Waals surface area contributed by atoms with Crippen LogP contribution >= 0.6 is 11.6 Å². The van der Waals surface area contributed by atoms with E-state index in [0.717, 1.165) is 54.5 Å². The van der Waals surface area contributed by atoms with Crippen LogP contribution in [0.15, 0.2) is 59.8 Å². The molecule has 2 aliphatic heterocycles. The molecule has 0 aromatic heterocycles. The van der Waals surface area contributed by atoms with Crippen molar-refractivity contribution in [2.45, 2.75) is 55.0 Å². The number of rotatable bonds is 6. The Kier molecular flexibility index (Phi) is 15.9. The van der Waals surface area contributed by atoms with Crippen LogP contribution in [0, 0.1) is 12.7 Å². The van der Waals surface area contributed by atoms with Gasteiger partial charge in [0.15, 0.2) is 0 Å². The highest BCUT2D eigenvalue weighted by Gasteiger charge is 2.20. The van der Waals surface area contributed by atoms with E-state index in [1.807, 2.05) is 60.6 Å². The molecule has 0 spiro atoms. The molecule has 0 atom stereocenters. The SMILES string of the molecule is CC.CC.CC.Cc1ccc(F)c(Cl)c1CN1CCNC(N)=C1/C=C(\N)Nc1cccc(N2CCOCC2)c1. The van der Waals surface area contributed by atoms with Crippen molar-refractivity contribution in [3.05, 3.63) is 81.8 Å². The highest BCUT2D eigenvalue weighted by molar-refractivity contribution is 6.31. The van der Waals surface area contributed by atoms with Crippen molar-refractivity contribution in [1.82, 2.24) is 10.2 Å². The van der Waals surface area contributed by atoms with Gasteiger partial charge in [-0.3, -0.25) is 0 Å². The number of hydrogen-bond acceptors (Lipinski definition) is 7. The summed E-state index contributed by atoms with van der Waals surface area (Å²) in [6.07, 6.45) is 1.80. The second kappa shape index (κ2) is 18.2. The van der Waals surface area contributed by atoms with Crippen LogP contribution < -0.4 is 27.0 Å². The summed E-state index contributed by atoms with van der Waals surface area (Å²) < 4.78 is 19.5. The van der Waals surface area contributed by atoms with E-state index in [0.29, 0.717) is 31.3 Å². The fourth-order valence-electron chi connectivity index (χ4n) is 4.07. The number of halogens is 2. The minimum Gasteiger partial charge on any atom is -0.385 e. The third-order valence-corrected chi connectivity index (χ3v) is 6.31. The predicted octanol–water partition coefficient (Wildman–Crippen LogP) is 6.15. The molecule has 4 rings (SSSR count). The first-order valence-electron chi connectivity index (χ1n) is 14.0. The number of nitrogens with one attached hydrogen (secondary N) is 2. The van der Waals surface area contributed by atoms with Crippen LogP contribution in [-0.4, -0.2) is 44.3 Å². The molecule has 39 heavy (non-hydrogen) atoms. The lowest BCUT2D eigenvalue weighted by Crippen LogP contribution is -2.41. The number of nitrogens with two attached hydrogens (primary N) is 2. The van der Waals surface area contributed by atoms with E-state index < -0.39 is 5.82 Å². The van der Waals surface area contributed by atoms with E-state index in [-0.39, 0.29) is 5.02 Å². The van der Waals surface area contributed by atoms with Crippen molar-refractivity contribution in [2.24, 2.45) is 11.5 Å². The third-order valence-electron chi connectivity index (χ3n) is 5.90. The third kappa shape index (κ3) is 9.86. The second-order valence-corrected chi connectivity index (χ2v) is 8.56. The Labute approximate surface area is 240 Å². The van der Waals surface area contributed by atoms with Crippen LogP contribution in [0.25, 0.3) is 0 Å². The fourth-order valence-corrected chi connectivity index (χ4v) is 4.34. The van der Waals surface area contributed by atoms with Crippen LogP contribution in [0.1, 0.15) is 52.7 Å². The summed E-state index contributed by atoms with van der Waals surface area (Å²) in [4.78, 5) is 4.34. The first-order valence-corrected chi connectivity index (χ1v) is 14.4. The van der Waals surface area contributed by atoms with Gasteiger partial charge in [-0.05, 0) is 42.3 Å². The number of morpholine rings is 1. The van der Waals surface area contributed by atoms with Gasteiger partial charge in [-0.25, -0.2) is 4.39 Å². The molecule has 0 unspecified atom stereocenters. The van der Waals surface area contributed by atoms with Crippen molar-refractivity contribution < 1.29 is 9.13 Å². The van der Waals surface area contributed by atoms with E-state index in [9.17, 15) is 4.39 Å². The zero-order valence-corrected chi connectivity index (χ0v) is 25.5. The molecule has 0 saturated carbocycles. The Morgan fingerprint density at radius 2 is 1.74 bits per heavy atom. The number of hydrogen-bond donors (Lipinski definition) is 4. The van der Waals surface area contributed by atoms with Gasteiger partial charge < -0.3 is 36.6 Å². The van der Waals surface area contributed by atoms with Crippen molar-refractivity contribution in [2.75, 3.05) is 49.6 Å². The quantitative estimate of drug-likeness (QED) is 0.336. The van der Waals surface area contributed by atoms with Gasteiger partial charge in [0.1, 0.15) is 17.5 Å². The minimum absolute atomic E-state index is 0.140. The summed E-state index contributed by atoms with van der Waals surface area (Å²) in [6.45, 7) is 18.9. The molecule has 9 heteroatoms. The van der Waals surface area contributed by atoms with Gasteiger partial charge in [0.05, 0.1) is 23.9 Å². The van der Waals surface area contributed by atoms with Gasteiger partial charge in [0.25, 0.3) is 0 Å². The van der Waals surface area contributed by atoms with Gasteiger partial charge >= 0.3 is 0 Å². The van der Waals surface area contributed by atoms with Crippen molar-refractivity contribution in [3.8, 4) is 0 Å². The van der Waals surface area contributed by atoms with Crippen molar-refractivity contribution in [3.63, 3.8) is 0 Å². The molecule has 7 nitrogen and oxygen atoms in total. The Morgan fingerprint density at radius 1 is 1.08 bits per heavy atom. The van der Waals surface area contributed by atoms with Crippen LogP contribution in [0.4, 0.5) is 15.8 Å². The average Bonchev–Trinajstić information content (AvgIpc) is 2.98. The molecule has 2 aromatic carbocycles. The average molecular weight is 563 g/mol. The summed E-state index contributed by atoms with van der Waals surface area (Å²) in [5, 5.41) is 6.57. The summed E-state index contributed by atoms with van der Waals surface area (Å²) in [6, 6.07) is 11.2. The molecule has 0 bridgehead atoms. The molecule has 0 amide bonds. The van der Waals surface area contributed by atoms with E-state index in [4.69, 9.17) is 27.8 Å². The molecular weight excluding hydrogens is 515 g/mol. The highest BCUT2D eigenvalue weighted by atomic mass is 35.5. The van der Waals surface area contributed by atoms with E-state index in [2.05, 4.69) is 32.6 Å². The fraction of sp³-hybridized carbons (Fsp3) is 0.467. The minimum atomic E-state index is -0.428. The molecule has 2 heterocycles. The largest absolute Gasteiger partial charge is 0.385 e. The molecular formula is C30H48ClFN6O. The van der Waals surface area contributed by atoms with E-state index >= 15 is 0 Å². The smallest absolute Gasteiger partial charge is 0.142 e. The lowest BCUT2D eigenvalue weighted by Gasteiger charge is -2.33. The standard InChI is InChI=1S/C24H30ClFN6O.3C2H6/c1-16-5-6-20(26)23(25)19(16)15-32-8-7-29-24(28)21(32)14-22(27)30-17-3-2-4-18(13-17)31-9-11-33-12-10-31;3*1-2/h2-6,13-14,29-30H,7-12,15,27-28H2,1H3;3*1-2H3/b22-14+;;;. The molecule has 2 aromatic rings. The first kappa shape index (κ1) is 33.9. The van der Waals surface area contributed by atoms with Crippen molar-refractivity contribution in [1.29, 1.82) is 0 Å². The summed E-state index contributed by atoms with van der Waals surface area (Å²) in [7, 11) is 0. The van der Waals surface area contributed by atoms with E-state index in [1.54, 1.807) is 12.1 Å². The van der Waals surface area contributed by atoms with Crippen LogP contribution in [0.5, 0.6) is 0 Å². The molecule has 1 fully saturated rings. The Balaban J connectivity index is 0.00000119. The lowest BCUT2D eigenvalue weighted by atomic mass is 10.1. The molecule has 6 N–H and O–H groups in total. The summed E-state index contributed by atoms with van der Waals surface area (Å²) >= 11 is 6.26. The zero-order valence-electron chi connectivity index (χ0n) is 24.7. The van der Waals surface area contributed by atoms with Gasteiger partial charge in [0, 0.05) is 50.2 Å². The van der Waals surface area contributed by atoms with Gasteiger partial charge in [-0.15, -0.1) is 0 Å². The molecule has 0 radical (unpaired) electrons. The number of anilines is 2.